The third-order valence-electron chi connectivity index (χ3n) is 4.67. The molecule has 1 aromatic rings. The summed E-state index contributed by atoms with van der Waals surface area (Å²) in [6.07, 6.45) is 3.41. The molecule has 3 rings (SSSR count). The van der Waals surface area contributed by atoms with Crippen LogP contribution < -0.4 is 5.32 Å². The summed E-state index contributed by atoms with van der Waals surface area (Å²) >= 11 is 0. The molecule has 0 atom stereocenters. The van der Waals surface area contributed by atoms with Gasteiger partial charge in [0.15, 0.2) is 11.8 Å². The Bertz CT molecular complexity index is 608. The Labute approximate surface area is 166 Å². The van der Waals surface area contributed by atoms with Crippen LogP contribution in [-0.2, 0) is 24.3 Å². The van der Waals surface area contributed by atoms with Crippen LogP contribution in [0.2, 0.25) is 0 Å². The minimum Gasteiger partial charge on any atom is -0.357 e. The van der Waals surface area contributed by atoms with Gasteiger partial charge in [0, 0.05) is 52.6 Å². The first kappa shape index (κ1) is 19.9. The second kappa shape index (κ2) is 9.35. The number of carbonyl (C=O) groups is 1. The molecule has 0 unspecified atom stereocenters. The van der Waals surface area contributed by atoms with E-state index < -0.39 is 0 Å². The van der Waals surface area contributed by atoms with Crippen LogP contribution in [0.15, 0.2) is 4.99 Å². The number of amides is 1. The Hall–Kier alpha value is -1.39. The van der Waals surface area contributed by atoms with Crippen molar-refractivity contribution in [2.24, 2.45) is 4.99 Å². The molecule has 1 saturated heterocycles. The second-order valence-corrected chi connectivity index (χ2v) is 6.30. The normalized spacial score (nSPS) is 17.8. The number of guanidine groups is 1. The van der Waals surface area contributed by atoms with E-state index in [0.29, 0.717) is 6.54 Å². The van der Waals surface area contributed by atoms with Gasteiger partial charge in [-0.25, -0.2) is 4.99 Å². The molecule has 2 aliphatic rings. The summed E-state index contributed by atoms with van der Waals surface area (Å²) in [5, 5.41) is 12.0. The van der Waals surface area contributed by atoms with Crippen molar-refractivity contribution in [3.05, 3.63) is 11.6 Å². The van der Waals surface area contributed by atoms with Crippen molar-refractivity contribution in [1.82, 2.24) is 29.9 Å². The van der Waals surface area contributed by atoms with Gasteiger partial charge in [0.25, 0.3) is 0 Å². The third kappa shape index (κ3) is 4.83. The van der Waals surface area contributed by atoms with Crippen molar-refractivity contribution in [2.75, 3.05) is 32.7 Å². The summed E-state index contributed by atoms with van der Waals surface area (Å²) in [4.78, 5) is 20.3. The largest absolute Gasteiger partial charge is 0.357 e. The molecule has 0 spiro atoms. The number of aliphatic imine (C=N–C) groups is 1. The predicted octanol–water partition coefficient (Wildman–Crippen LogP) is 0.862. The van der Waals surface area contributed by atoms with Crippen LogP contribution in [0.4, 0.5) is 0 Å². The fourth-order valence-electron chi connectivity index (χ4n) is 3.29. The zero-order valence-corrected chi connectivity index (χ0v) is 17.4. The highest BCUT2D eigenvalue weighted by Gasteiger charge is 2.21. The van der Waals surface area contributed by atoms with E-state index >= 15 is 0 Å². The number of fused-ring (bicyclic) bond motifs is 1. The molecule has 9 heteroatoms. The highest BCUT2D eigenvalue weighted by atomic mass is 127. The van der Waals surface area contributed by atoms with Gasteiger partial charge in [0.2, 0.25) is 5.91 Å². The Balaban J connectivity index is 0.00000225. The van der Waals surface area contributed by atoms with Gasteiger partial charge >= 0.3 is 0 Å². The van der Waals surface area contributed by atoms with Gasteiger partial charge in [-0.3, -0.25) is 4.79 Å². The Kier molecular flexibility index (Phi) is 7.45. The summed E-state index contributed by atoms with van der Waals surface area (Å²) in [5.41, 5.74) is 0. The van der Waals surface area contributed by atoms with Crippen LogP contribution in [0.5, 0.6) is 0 Å². The lowest BCUT2D eigenvalue weighted by Gasteiger charge is -2.36. The first-order chi connectivity index (χ1) is 11.7. The number of carbonyl (C=O) groups excluding carboxylic acids is 1. The summed E-state index contributed by atoms with van der Waals surface area (Å²) < 4.78 is 2.21. The third-order valence-corrected chi connectivity index (χ3v) is 4.67. The lowest BCUT2D eigenvalue weighted by Crippen LogP contribution is -2.53. The zero-order valence-electron chi connectivity index (χ0n) is 15.1. The summed E-state index contributed by atoms with van der Waals surface area (Å²) in [5.74, 6) is 3.08. The molecule has 1 amide bonds. The quantitative estimate of drug-likeness (QED) is 0.411. The Morgan fingerprint density at radius 3 is 2.52 bits per heavy atom. The average Bonchev–Trinajstić information content (AvgIpc) is 3.02. The fourth-order valence-corrected chi connectivity index (χ4v) is 3.29. The summed E-state index contributed by atoms with van der Waals surface area (Å²) in [6, 6.07) is 0. The van der Waals surface area contributed by atoms with Gasteiger partial charge in [0.1, 0.15) is 12.4 Å². The van der Waals surface area contributed by atoms with Gasteiger partial charge in [0.05, 0.1) is 0 Å². The van der Waals surface area contributed by atoms with E-state index in [9.17, 15) is 4.79 Å². The maximum atomic E-state index is 11.5. The number of hydrogen-bond donors (Lipinski definition) is 1. The number of piperazine rings is 1. The van der Waals surface area contributed by atoms with Crippen LogP contribution in [0.25, 0.3) is 0 Å². The van der Waals surface area contributed by atoms with E-state index in [-0.39, 0.29) is 29.9 Å². The molecule has 0 aromatic carbocycles. The first-order valence-electron chi connectivity index (χ1n) is 8.88. The van der Waals surface area contributed by atoms with Crippen LogP contribution in [-0.4, -0.2) is 69.2 Å². The lowest BCUT2D eigenvalue weighted by atomic mass is 10.2. The van der Waals surface area contributed by atoms with Crippen LogP contribution >= 0.6 is 24.0 Å². The standard InChI is InChI=1S/C16H27N7O.HI/c1-3-17-16(22-10-8-21(9-11-22)13(2)24)18-12-15-20-19-14-6-4-5-7-23(14)15;/h3-12H2,1-2H3,(H,17,18);1H. The Morgan fingerprint density at radius 2 is 1.84 bits per heavy atom. The van der Waals surface area contributed by atoms with Crippen LogP contribution in [0, 0.1) is 0 Å². The second-order valence-electron chi connectivity index (χ2n) is 6.30. The van der Waals surface area contributed by atoms with Crippen molar-refractivity contribution in [1.29, 1.82) is 0 Å². The van der Waals surface area contributed by atoms with Crippen molar-refractivity contribution < 1.29 is 4.79 Å². The van der Waals surface area contributed by atoms with E-state index in [1.54, 1.807) is 6.92 Å². The summed E-state index contributed by atoms with van der Waals surface area (Å²) in [6.45, 7) is 9.18. The smallest absolute Gasteiger partial charge is 0.219 e. The van der Waals surface area contributed by atoms with E-state index in [1.807, 2.05) is 4.90 Å². The minimum atomic E-state index is 0. The molecular weight excluding hydrogens is 433 g/mol. The lowest BCUT2D eigenvalue weighted by molar-refractivity contribution is -0.130. The van der Waals surface area contributed by atoms with Gasteiger partial charge in [-0.05, 0) is 19.8 Å². The van der Waals surface area contributed by atoms with Gasteiger partial charge < -0.3 is 19.7 Å². The molecule has 1 N–H and O–H groups in total. The molecule has 140 valence electrons. The minimum absolute atomic E-state index is 0. The summed E-state index contributed by atoms with van der Waals surface area (Å²) in [7, 11) is 0. The van der Waals surface area contributed by atoms with Gasteiger partial charge in [-0.1, -0.05) is 0 Å². The molecule has 0 radical (unpaired) electrons. The van der Waals surface area contributed by atoms with Crippen molar-refractivity contribution in [3.8, 4) is 0 Å². The molecule has 1 fully saturated rings. The highest BCUT2D eigenvalue weighted by molar-refractivity contribution is 14.0. The van der Waals surface area contributed by atoms with Crippen molar-refractivity contribution in [3.63, 3.8) is 0 Å². The number of nitrogens with one attached hydrogen (secondary N) is 1. The average molecular weight is 461 g/mol. The molecule has 3 heterocycles. The molecule has 8 nitrogen and oxygen atoms in total. The molecule has 0 bridgehead atoms. The molecule has 25 heavy (non-hydrogen) atoms. The van der Waals surface area contributed by atoms with E-state index in [2.05, 4.69) is 31.9 Å². The molecular formula is C16H28IN7O. The monoisotopic (exact) mass is 461 g/mol. The number of rotatable bonds is 3. The SMILES string of the molecule is CCNC(=NCc1nnc2n1CCCC2)N1CCN(C(C)=O)CC1.I. The first-order valence-corrected chi connectivity index (χ1v) is 8.88. The topological polar surface area (TPSA) is 78.7 Å². The zero-order chi connectivity index (χ0) is 16.9. The molecule has 0 saturated carbocycles. The van der Waals surface area contributed by atoms with Crippen LogP contribution in [0.3, 0.4) is 0 Å². The molecule has 2 aliphatic heterocycles. The maximum absolute atomic E-state index is 11.5. The number of hydrogen-bond acceptors (Lipinski definition) is 4. The van der Waals surface area contributed by atoms with E-state index in [0.717, 1.165) is 63.3 Å². The van der Waals surface area contributed by atoms with Gasteiger partial charge in [-0.15, -0.1) is 34.2 Å². The predicted molar refractivity (Wildman–Crippen MR) is 107 cm³/mol. The van der Waals surface area contributed by atoms with Gasteiger partial charge in [-0.2, -0.15) is 0 Å². The van der Waals surface area contributed by atoms with Crippen LogP contribution in [0.1, 0.15) is 38.3 Å². The molecule has 0 aliphatic carbocycles. The van der Waals surface area contributed by atoms with E-state index in [4.69, 9.17) is 4.99 Å². The van der Waals surface area contributed by atoms with Crippen molar-refractivity contribution >= 4 is 35.8 Å². The highest BCUT2D eigenvalue weighted by Crippen LogP contribution is 2.15. The number of aryl methyl sites for hydroxylation is 1. The number of aromatic nitrogens is 3. The maximum Gasteiger partial charge on any atom is 0.219 e. The van der Waals surface area contributed by atoms with Crippen molar-refractivity contribution in [2.45, 2.75) is 46.2 Å². The molecule has 1 aromatic heterocycles. The fraction of sp³-hybridized carbons (Fsp3) is 0.750. The number of halogens is 1. The number of nitrogens with zero attached hydrogens (tertiary/aromatic N) is 6. The Morgan fingerprint density at radius 1 is 1.12 bits per heavy atom. The van der Waals surface area contributed by atoms with E-state index in [1.165, 1.54) is 12.8 Å².